The van der Waals surface area contributed by atoms with E-state index in [1.54, 1.807) is 0 Å². The van der Waals surface area contributed by atoms with E-state index in [1.807, 2.05) is 0 Å². The molecule has 0 bridgehead atoms. The first-order chi connectivity index (χ1) is 12.5. The van der Waals surface area contributed by atoms with E-state index in [0.29, 0.717) is 31.2 Å². The SMILES string of the molecule is CC1CCC(F)C2CC(C(=O)NC3C(=O)NCCC4CCCNC43)NC12. The highest BCUT2D eigenvalue weighted by molar-refractivity contribution is 5.90. The molecule has 8 atom stereocenters. The van der Waals surface area contributed by atoms with Crippen molar-refractivity contribution in [1.82, 2.24) is 21.3 Å². The maximum atomic E-state index is 14.3. The molecule has 26 heavy (non-hydrogen) atoms. The first-order valence-electron chi connectivity index (χ1n) is 10.3. The largest absolute Gasteiger partial charge is 0.354 e. The van der Waals surface area contributed by atoms with Crippen LogP contribution in [-0.2, 0) is 9.59 Å². The highest BCUT2D eigenvalue weighted by Gasteiger charge is 2.47. The molecule has 2 amide bonds. The number of rotatable bonds is 2. The van der Waals surface area contributed by atoms with Gasteiger partial charge in [0.1, 0.15) is 12.2 Å². The van der Waals surface area contributed by atoms with E-state index >= 15 is 0 Å². The molecule has 4 fully saturated rings. The summed E-state index contributed by atoms with van der Waals surface area (Å²) in [6.45, 7) is 3.68. The normalized spacial score (nSPS) is 45.8. The Bertz CT molecular complexity index is 542. The first-order valence-corrected chi connectivity index (χ1v) is 10.3. The van der Waals surface area contributed by atoms with Gasteiger partial charge < -0.3 is 21.3 Å². The van der Waals surface area contributed by atoms with Gasteiger partial charge in [-0.15, -0.1) is 0 Å². The molecular formula is C19H31FN4O2. The van der Waals surface area contributed by atoms with Crippen LogP contribution < -0.4 is 21.3 Å². The van der Waals surface area contributed by atoms with Crippen LogP contribution in [0.2, 0.25) is 0 Å². The van der Waals surface area contributed by atoms with E-state index < -0.39 is 18.3 Å². The monoisotopic (exact) mass is 366 g/mol. The molecule has 6 nitrogen and oxygen atoms in total. The van der Waals surface area contributed by atoms with E-state index in [2.05, 4.69) is 28.2 Å². The number of nitrogens with one attached hydrogen (secondary N) is 4. The molecule has 3 heterocycles. The van der Waals surface area contributed by atoms with Gasteiger partial charge in [-0.3, -0.25) is 9.59 Å². The third-order valence-corrected chi connectivity index (χ3v) is 7.05. The summed E-state index contributed by atoms with van der Waals surface area (Å²) in [6, 6.07) is -0.884. The van der Waals surface area contributed by atoms with E-state index in [9.17, 15) is 14.0 Å². The van der Waals surface area contributed by atoms with E-state index in [0.717, 1.165) is 32.2 Å². The fourth-order valence-corrected chi connectivity index (χ4v) is 5.56. The number of carbonyl (C=O) groups excluding carboxylic acids is 2. The van der Waals surface area contributed by atoms with Crippen molar-refractivity contribution in [2.45, 2.75) is 75.8 Å². The number of piperidine rings is 1. The van der Waals surface area contributed by atoms with Gasteiger partial charge >= 0.3 is 0 Å². The summed E-state index contributed by atoms with van der Waals surface area (Å²) in [4.78, 5) is 25.4. The van der Waals surface area contributed by atoms with Gasteiger partial charge in [0.05, 0.1) is 6.04 Å². The fraction of sp³-hybridized carbons (Fsp3) is 0.895. The first kappa shape index (κ1) is 18.2. The van der Waals surface area contributed by atoms with Gasteiger partial charge in [0.15, 0.2) is 0 Å². The van der Waals surface area contributed by atoms with Gasteiger partial charge in [0.25, 0.3) is 0 Å². The molecule has 146 valence electrons. The molecule has 4 N–H and O–H groups in total. The predicted octanol–water partition coefficient (Wildman–Crippen LogP) is 0.474. The molecular weight excluding hydrogens is 335 g/mol. The highest BCUT2D eigenvalue weighted by Crippen LogP contribution is 2.38. The van der Waals surface area contributed by atoms with Gasteiger partial charge in [-0.25, -0.2) is 4.39 Å². The Labute approximate surface area is 154 Å². The number of alkyl halides is 1. The fourth-order valence-electron chi connectivity index (χ4n) is 5.56. The molecule has 1 aliphatic carbocycles. The second-order valence-electron chi connectivity index (χ2n) is 8.66. The molecule has 0 aromatic rings. The van der Waals surface area contributed by atoms with Gasteiger partial charge in [0.2, 0.25) is 11.8 Å². The maximum absolute atomic E-state index is 14.3. The van der Waals surface area contributed by atoms with Gasteiger partial charge in [-0.2, -0.15) is 0 Å². The van der Waals surface area contributed by atoms with Crippen LogP contribution in [0.25, 0.3) is 0 Å². The Balaban J connectivity index is 1.44. The summed E-state index contributed by atoms with van der Waals surface area (Å²) >= 11 is 0. The summed E-state index contributed by atoms with van der Waals surface area (Å²) in [5.74, 6) is 0.440. The summed E-state index contributed by atoms with van der Waals surface area (Å²) in [6.07, 6.45) is 4.30. The standard InChI is InChI=1S/C19H31FN4O2/c1-10-4-5-13(20)12-9-14(23-15(10)12)18(25)24-17-16-11(3-2-7-21-16)6-8-22-19(17)26/h10-17,21,23H,2-9H2,1H3,(H,22,26)(H,24,25). The molecule has 0 radical (unpaired) electrons. The molecule has 1 saturated carbocycles. The van der Waals surface area contributed by atoms with Gasteiger partial charge in [-0.1, -0.05) is 6.92 Å². The quantitative estimate of drug-likeness (QED) is 0.573. The van der Waals surface area contributed by atoms with Crippen LogP contribution in [0, 0.1) is 17.8 Å². The number of halogens is 1. The number of hydrogen-bond donors (Lipinski definition) is 4. The Morgan fingerprint density at radius 1 is 1.15 bits per heavy atom. The Morgan fingerprint density at radius 2 is 2.00 bits per heavy atom. The zero-order chi connectivity index (χ0) is 18.3. The number of carbonyl (C=O) groups is 2. The summed E-state index contributed by atoms with van der Waals surface area (Å²) < 4.78 is 14.3. The molecule has 3 saturated heterocycles. The van der Waals surface area contributed by atoms with E-state index in [-0.39, 0.29) is 29.8 Å². The van der Waals surface area contributed by atoms with Crippen LogP contribution in [0.3, 0.4) is 0 Å². The molecule has 8 unspecified atom stereocenters. The van der Waals surface area contributed by atoms with E-state index in [4.69, 9.17) is 0 Å². The molecule has 0 aromatic heterocycles. The summed E-state index contributed by atoms with van der Waals surface area (Å²) in [7, 11) is 0. The van der Waals surface area contributed by atoms with Crippen molar-refractivity contribution in [3.05, 3.63) is 0 Å². The van der Waals surface area contributed by atoms with Crippen molar-refractivity contribution in [2.75, 3.05) is 13.1 Å². The number of hydrogen-bond acceptors (Lipinski definition) is 4. The van der Waals surface area contributed by atoms with Crippen molar-refractivity contribution >= 4 is 11.8 Å². The Morgan fingerprint density at radius 3 is 2.81 bits per heavy atom. The number of fused-ring (bicyclic) bond motifs is 2. The lowest BCUT2D eigenvalue weighted by molar-refractivity contribution is -0.130. The summed E-state index contributed by atoms with van der Waals surface area (Å²) in [5, 5.41) is 12.7. The van der Waals surface area contributed by atoms with Crippen LogP contribution in [0.1, 0.15) is 45.4 Å². The smallest absolute Gasteiger partial charge is 0.244 e. The van der Waals surface area contributed by atoms with Crippen molar-refractivity contribution in [3.8, 4) is 0 Å². The maximum Gasteiger partial charge on any atom is 0.244 e. The zero-order valence-corrected chi connectivity index (χ0v) is 15.5. The van der Waals surface area contributed by atoms with Crippen LogP contribution in [0.4, 0.5) is 4.39 Å². The second kappa shape index (κ2) is 7.43. The van der Waals surface area contributed by atoms with Crippen LogP contribution in [0.15, 0.2) is 0 Å². The average molecular weight is 366 g/mol. The van der Waals surface area contributed by atoms with Crippen molar-refractivity contribution < 1.29 is 14.0 Å². The lowest BCUT2D eigenvalue weighted by Crippen LogP contribution is -2.61. The molecule has 0 aromatic carbocycles. The van der Waals surface area contributed by atoms with Crippen LogP contribution in [-0.4, -0.2) is 55.2 Å². The molecule has 4 aliphatic rings. The lowest BCUT2D eigenvalue weighted by Gasteiger charge is -2.35. The van der Waals surface area contributed by atoms with E-state index in [1.165, 1.54) is 0 Å². The minimum atomic E-state index is -0.827. The average Bonchev–Trinajstić information content (AvgIpc) is 3.04. The topological polar surface area (TPSA) is 82.3 Å². The van der Waals surface area contributed by atoms with Crippen molar-refractivity contribution in [3.63, 3.8) is 0 Å². The number of amides is 2. The Kier molecular flexibility index (Phi) is 5.19. The molecule has 0 spiro atoms. The minimum Gasteiger partial charge on any atom is -0.354 e. The van der Waals surface area contributed by atoms with Crippen LogP contribution >= 0.6 is 0 Å². The third-order valence-electron chi connectivity index (χ3n) is 7.05. The van der Waals surface area contributed by atoms with Crippen molar-refractivity contribution in [2.24, 2.45) is 17.8 Å². The zero-order valence-electron chi connectivity index (χ0n) is 15.5. The summed E-state index contributed by atoms with van der Waals surface area (Å²) in [5.41, 5.74) is 0. The molecule has 3 aliphatic heterocycles. The molecule has 4 rings (SSSR count). The molecule has 7 heteroatoms. The lowest BCUT2D eigenvalue weighted by atomic mass is 9.77. The Hall–Kier alpha value is -1.21. The van der Waals surface area contributed by atoms with Gasteiger partial charge in [0, 0.05) is 24.5 Å². The third kappa shape index (κ3) is 3.36. The minimum absolute atomic E-state index is 0.00766. The predicted molar refractivity (Wildman–Crippen MR) is 96.2 cm³/mol. The van der Waals surface area contributed by atoms with Gasteiger partial charge in [-0.05, 0) is 56.9 Å². The van der Waals surface area contributed by atoms with Crippen LogP contribution in [0.5, 0.6) is 0 Å². The second-order valence-corrected chi connectivity index (χ2v) is 8.66. The van der Waals surface area contributed by atoms with Crippen molar-refractivity contribution in [1.29, 1.82) is 0 Å². The highest BCUT2D eigenvalue weighted by atomic mass is 19.1.